The van der Waals surface area contributed by atoms with Gasteiger partial charge in [-0.3, -0.25) is 0 Å². The maximum atomic E-state index is 5.42. The summed E-state index contributed by atoms with van der Waals surface area (Å²) in [5.41, 5.74) is 0. The molecule has 0 bridgehead atoms. The first-order chi connectivity index (χ1) is 8.01. The number of ether oxygens (including phenoxy) is 1. The normalized spacial score (nSPS) is 12.6. The van der Waals surface area contributed by atoms with Crippen LogP contribution in [0.4, 0.5) is 0 Å². The van der Waals surface area contributed by atoms with Crippen molar-refractivity contribution in [3.8, 4) is 0 Å². The molecule has 0 spiro atoms. The van der Waals surface area contributed by atoms with Gasteiger partial charge < -0.3 is 19.9 Å². The van der Waals surface area contributed by atoms with Crippen LogP contribution in [0.15, 0.2) is 0 Å². The number of nitrogens with one attached hydrogen (secondary N) is 1. The van der Waals surface area contributed by atoms with Crippen LogP contribution in [0.2, 0.25) is 0 Å². The molecule has 0 aromatic rings. The van der Waals surface area contributed by atoms with Crippen molar-refractivity contribution in [3.05, 3.63) is 0 Å². The number of likely N-dealkylation sites (N-methyl/N-ethyl adjacent to an activating group) is 1. The minimum Gasteiger partial charge on any atom is -0.383 e. The molecule has 0 fully saturated rings. The summed E-state index contributed by atoms with van der Waals surface area (Å²) >= 11 is 5.42. The van der Waals surface area contributed by atoms with E-state index in [9.17, 15) is 0 Å². The summed E-state index contributed by atoms with van der Waals surface area (Å²) in [5.74, 6) is 0. The number of thiocarbonyl (C=S) groups is 1. The zero-order chi connectivity index (χ0) is 13.3. The lowest BCUT2D eigenvalue weighted by Crippen LogP contribution is -2.47. The van der Waals surface area contributed by atoms with Crippen LogP contribution in [-0.2, 0) is 4.74 Å². The van der Waals surface area contributed by atoms with Crippen LogP contribution >= 0.6 is 12.2 Å². The van der Waals surface area contributed by atoms with E-state index >= 15 is 0 Å². The number of hydrogen-bond donors (Lipinski definition) is 1. The van der Waals surface area contributed by atoms with Gasteiger partial charge in [-0.1, -0.05) is 6.92 Å². The fraction of sp³-hybridized carbons (Fsp3) is 0.917. The van der Waals surface area contributed by atoms with Crippen molar-refractivity contribution >= 4 is 17.3 Å². The molecule has 0 saturated heterocycles. The van der Waals surface area contributed by atoms with Gasteiger partial charge in [0.05, 0.1) is 6.61 Å². The molecule has 0 aliphatic heterocycles. The Balaban J connectivity index is 4.13. The van der Waals surface area contributed by atoms with Crippen LogP contribution in [0.1, 0.15) is 20.3 Å². The van der Waals surface area contributed by atoms with Gasteiger partial charge in [0.15, 0.2) is 5.11 Å². The van der Waals surface area contributed by atoms with Crippen molar-refractivity contribution in [2.45, 2.75) is 26.3 Å². The Labute approximate surface area is 111 Å². The van der Waals surface area contributed by atoms with Crippen LogP contribution in [0.25, 0.3) is 0 Å². The second kappa shape index (κ2) is 9.62. The van der Waals surface area contributed by atoms with E-state index in [0.717, 1.165) is 31.2 Å². The molecule has 0 rings (SSSR count). The molecule has 0 aliphatic rings. The molecule has 4 nitrogen and oxygen atoms in total. The highest BCUT2D eigenvalue weighted by Crippen LogP contribution is 1.96. The third-order valence-corrected chi connectivity index (χ3v) is 2.76. The third-order valence-electron chi connectivity index (χ3n) is 2.38. The molecule has 0 aromatic carbocycles. The van der Waals surface area contributed by atoms with E-state index in [-0.39, 0.29) is 6.04 Å². The minimum absolute atomic E-state index is 0.256. The first kappa shape index (κ1) is 16.6. The summed E-state index contributed by atoms with van der Waals surface area (Å²) < 4.78 is 5.09. The second-order valence-corrected chi connectivity index (χ2v) is 4.98. The average molecular weight is 261 g/mol. The fourth-order valence-corrected chi connectivity index (χ4v) is 1.88. The molecular formula is C12H27N3OS. The Morgan fingerprint density at radius 3 is 2.41 bits per heavy atom. The molecular weight excluding hydrogens is 234 g/mol. The maximum absolute atomic E-state index is 5.42. The van der Waals surface area contributed by atoms with Gasteiger partial charge in [-0.2, -0.15) is 0 Å². The SMILES string of the molecule is CCCN(CCN(C)C)C(=S)NC(C)COC. The van der Waals surface area contributed by atoms with Gasteiger partial charge in [-0.25, -0.2) is 0 Å². The highest BCUT2D eigenvalue weighted by molar-refractivity contribution is 7.80. The first-order valence-electron chi connectivity index (χ1n) is 6.20. The van der Waals surface area contributed by atoms with Crippen LogP contribution in [0.5, 0.6) is 0 Å². The Morgan fingerprint density at radius 2 is 1.94 bits per heavy atom. The van der Waals surface area contributed by atoms with Gasteiger partial charge in [-0.15, -0.1) is 0 Å². The van der Waals surface area contributed by atoms with E-state index in [1.165, 1.54) is 0 Å². The molecule has 0 saturated carbocycles. The number of methoxy groups -OCH3 is 1. The van der Waals surface area contributed by atoms with Gasteiger partial charge in [-0.05, 0) is 39.7 Å². The topological polar surface area (TPSA) is 27.7 Å². The largest absolute Gasteiger partial charge is 0.383 e. The standard InChI is InChI=1S/C12H27N3OS/c1-6-7-15(9-8-14(3)4)12(17)13-11(2)10-16-5/h11H,6-10H2,1-5H3,(H,13,17). The zero-order valence-corrected chi connectivity index (χ0v) is 12.6. The summed E-state index contributed by atoms with van der Waals surface area (Å²) in [5, 5.41) is 4.13. The monoisotopic (exact) mass is 261 g/mol. The van der Waals surface area contributed by atoms with E-state index in [4.69, 9.17) is 17.0 Å². The Bertz CT molecular complexity index is 212. The quantitative estimate of drug-likeness (QED) is 0.662. The van der Waals surface area contributed by atoms with Gasteiger partial charge in [0.2, 0.25) is 0 Å². The average Bonchev–Trinajstić information content (AvgIpc) is 2.23. The van der Waals surface area contributed by atoms with Gasteiger partial charge in [0.25, 0.3) is 0 Å². The molecule has 0 radical (unpaired) electrons. The fourth-order valence-electron chi connectivity index (χ4n) is 1.50. The summed E-state index contributed by atoms with van der Waals surface area (Å²) in [6.07, 6.45) is 1.11. The smallest absolute Gasteiger partial charge is 0.169 e. The van der Waals surface area contributed by atoms with Crippen molar-refractivity contribution in [2.75, 3.05) is 47.4 Å². The minimum atomic E-state index is 0.256. The molecule has 1 unspecified atom stereocenters. The Kier molecular flexibility index (Phi) is 9.40. The number of nitrogens with zero attached hydrogens (tertiary/aromatic N) is 2. The van der Waals surface area contributed by atoms with E-state index in [2.05, 4.69) is 43.1 Å². The van der Waals surface area contributed by atoms with E-state index in [0.29, 0.717) is 6.61 Å². The molecule has 0 heterocycles. The van der Waals surface area contributed by atoms with Crippen LogP contribution in [0, 0.1) is 0 Å². The summed E-state index contributed by atoms with van der Waals surface area (Å²) in [7, 11) is 5.86. The predicted molar refractivity (Wildman–Crippen MR) is 77.5 cm³/mol. The second-order valence-electron chi connectivity index (χ2n) is 4.60. The molecule has 1 N–H and O–H groups in total. The first-order valence-corrected chi connectivity index (χ1v) is 6.61. The van der Waals surface area contributed by atoms with Crippen LogP contribution < -0.4 is 5.32 Å². The lowest BCUT2D eigenvalue weighted by molar-refractivity contribution is 0.177. The van der Waals surface area contributed by atoms with Gasteiger partial charge in [0.1, 0.15) is 0 Å². The molecule has 0 aliphatic carbocycles. The van der Waals surface area contributed by atoms with E-state index in [1.54, 1.807) is 7.11 Å². The Morgan fingerprint density at radius 1 is 1.29 bits per heavy atom. The van der Waals surface area contributed by atoms with Crippen molar-refractivity contribution < 1.29 is 4.74 Å². The van der Waals surface area contributed by atoms with Crippen molar-refractivity contribution in [1.29, 1.82) is 0 Å². The number of rotatable bonds is 8. The van der Waals surface area contributed by atoms with Crippen molar-refractivity contribution in [2.24, 2.45) is 0 Å². The predicted octanol–water partition coefficient (Wildman–Crippen LogP) is 1.17. The molecule has 5 heteroatoms. The van der Waals surface area contributed by atoms with Crippen molar-refractivity contribution in [1.82, 2.24) is 15.1 Å². The third kappa shape index (κ3) is 8.35. The van der Waals surface area contributed by atoms with Crippen molar-refractivity contribution in [3.63, 3.8) is 0 Å². The van der Waals surface area contributed by atoms with Gasteiger partial charge >= 0.3 is 0 Å². The van der Waals surface area contributed by atoms with Crippen LogP contribution in [0.3, 0.4) is 0 Å². The molecule has 17 heavy (non-hydrogen) atoms. The van der Waals surface area contributed by atoms with Gasteiger partial charge in [0, 0.05) is 32.8 Å². The summed E-state index contributed by atoms with van der Waals surface area (Å²) in [4.78, 5) is 4.39. The summed E-state index contributed by atoms with van der Waals surface area (Å²) in [6.45, 7) is 7.90. The molecule has 102 valence electrons. The maximum Gasteiger partial charge on any atom is 0.169 e. The number of hydrogen-bond acceptors (Lipinski definition) is 3. The lowest BCUT2D eigenvalue weighted by atomic mass is 10.3. The zero-order valence-electron chi connectivity index (χ0n) is 11.8. The lowest BCUT2D eigenvalue weighted by Gasteiger charge is -2.28. The molecule has 0 aromatic heterocycles. The Hall–Kier alpha value is -0.390. The highest BCUT2D eigenvalue weighted by atomic mass is 32.1. The summed E-state index contributed by atoms with van der Waals surface area (Å²) in [6, 6.07) is 0.256. The highest BCUT2D eigenvalue weighted by Gasteiger charge is 2.11. The van der Waals surface area contributed by atoms with E-state index in [1.807, 2.05) is 0 Å². The van der Waals surface area contributed by atoms with E-state index < -0.39 is 0 Å². The molecule has 0 amide bonds. The van der Waals surface area contributed by atoms with Crippen LogP contribution in [-0.4, -0.2) is 68.4 Å². The molecule has 1 atom stereocenters.